The third-order valence-electron chi connectivity index (χ3n) is 2.95. The van der Waals surface area contributed by atoms with Crippen molar-refractivity contribution in [3.63, 3.8) is 0 Å². The third-order valence-corrected chi connectivity index (χ3v) is 2.95. The van der Waals surface area contributed by atoms with Crippen LogP contribution in [-0.2, 0) is 4.74 Å². The second-order valence-electron chi connectivity index (χ2n) is 4.69. The lowest BCUT2D eigenvalue weighted by Gasteiger charge is -2.01. The molecule has 0 aliphatic carbocycles. The van der Waals surface area contributed by atoms with Crippen LogP contribution in [0.5, 0.6) is 0 Å². The molecule has 0 saturated heterocycles. The lowest BCUT2D eigenvalue weighted by molar-refractivity contribution is 0.0455. The number of hydrogen-bond donors (Lipinski definition) is 0. The molecular formula is C15H19NO3. The molecule has 0 aliphatic heterocycles. The van der Waals surface area contributed by atoms with Gasteiger partial charge in [-0.1, -0.05) is 32.3 Å². The number of carbonyl (C=O) groups excluding carboxylic acids is 1. The number of carbonyl (C=O) groups is 1. The number of esters is 1. The summed E-state index contributed by atoms with van der Waals surface area (Å²) in [7, 11) is 0. The Morgan fingerprint density at radius 3 is 2.95 bits per heavy atom. The largest absolute Gasteiger partial charge is 0.459 e. The molecule has 0 unspecified atom stereocenters. The number of nitrogens with zero attached hydrogens (tertiary/aromatic N) is 1. The van der Waals surface area contributed by atoms with Gasteiger partial charge < -0.3 is 9.15 Å². The average Bonchev–Trinajstić information content (AvgIpc) is 2.81. The van der Waals surface area contributed by atoms with Crippen LogP contribution in [0.3, 0.4) is 0 Å². The highest BCUT2D eigenvalue weighted by Gasteiger charge is 2.15. The first-order chi connectivity index (χ1) is 9.20. The minimum Gasteiger partial charge on any atom is -0.459 e. The zero-order valence-corrected chi connectivity index (χ0v) is 11.4. The van der Waals surface area contributed by atoms with Crippen molar-refractivity contribution >= 4 is 17.1 Å². The fraction of sp³-hybridized carbons (Fsp3) is 0.467. The molecule has 19 heavy (non-hydrogen) atoms. The maximum Gasteiger partial charge on any atom is 0.394 e. The van der Waals surface area contributed by atoms with Gasteiger partial charge in [0.15, 0.2) is 5.58 Å². The summed E-state index contributed by atoms with van der Waals surface area (Å²) in [5.41, 5.74) is 2.38. The first-order valence-electron chi connectivity index (χ1n) is 6.75. The Balaban J connectivity index is 1.94. The minimum absolute atomic E-state index is 0.0380. The Labute approximate surface area is 112 Å². The van der Waals surface area contributed by atoms with Crippen LogP contribution in [-0.4, -0.2) is 17.6 Å². The highest BCUT2D eigenvalue weighted by Crippen LogP contribution is 2.17. The average molecular weight is 261 g/mol. The van der Waals surface area contributed by atoms with E-state index in [-0.39, 0.29) is 5.89 Å². The molecule has 0 radical (unpaired) electrons. The molecular weight excluding hydrogens is 242 g/mol. The molecule has 4 heteroatoms. The Kier molecular flexibility index (Phi) is 4.55. The van der Waals surface area contributed by atoms with Gasteiger partial charge in [-0.2, -0.15) is 0 Å². The van der Waals surface area contributed by atoms with Crippen LogP contribution in [0.4, 0.5) is 0 Å². The number of rotatable bonds is 6. The Morgan fingerprint density at radius 2 is 2.16 bits per heavy atom. The molecule has 1 aromatic carbocycles. The van der Waals surface area contributed by atoms with Gasteiger partial charge in [0, 0.05) is 0 Å². The van der Waals surface area contributed by atoms with Gasteiger partial charge in [-0.25, -0.2) is 9.78 Å². The van der Waals surface area contributed by atoms with Gasteiger partial charge in [-0.05, 0) is 31.0 Å². The molecule has 0 aliphatic rings. The number of ether oxygens (including phenoxy) is 1. The van der Waals surface area contributed by atoms with Crippen molar-refractivity contribution in [3.05, 3.63) is 29.7 Å². The van der Waals surface area contributed by atoms with Gasteiger partial charge in [-0.3, -0.25) is 0 Å². The molecule has 2 aromatic rings. The number of aryl methyl sites for hydroxylation is 1. The standard InChI is InChI=1S/C15H19NO3/c1-3-4-5-6-9-18-15(17)14-16-12-8-7-11(2)10-13(12)19-14/h7-8,10H,3-6,9H2,1-2H3. The Hall–Kier alpha value is -1.84. The van der Waals surface area contributed by atoms with Crippen LogP contribution >= 0.6 is 0 Å². The molecule has 0 amide bonds. The van der Waals surface area contributed by atoms with Gasteiger partial charge in [0.2, 0.25) is 0 Å². The van der Waals surface area contributed by atoms with E-state index in [0.29, 0.717) is 17.7 Å². The quantitative estimate of drug-likeness (QED) is 0.585. The lowest BCUT2D eigenvalue weighted by Crippen LogP contribution is -2.06. The molecule has 0 bridgehead atoms. The fourth-order valence-corrected chi connectivity index (χ4v) is 1.87. The second-order valence-corrected chi connectivity index (χ2v) is 4.69. The summed E-state index contributed by atoms with van der Waals surface area (Å²) in [5, 5.41) is 0. The van der Waals surface area contributed by atoms with Crippen molar-refractivity contribution in [1.82, 2.24) is 4.98 Å². The number of benzene rings is 1. The number of unbranched alkanes of at least 4 members (excludes halogenated alkanes) is 3. The van der Waals surface area contributed by atoms with Crippen LogP contribution in [0.15, 0.2) is 22.6 Å². The zero-order chi connectivity index (χ0) is 13.7. The molecule has 0 N–H and O–H groups in total. The summed E-state index contributed by atoms with van der Waals surface area (Å²) in [4.78, 5) is 15.9. The predicted molar refractivity (Wildman–Crippen MR) is 73.2 cm³/mol. The first kappa shape index (κ1) is 13.6. The van der Waals surface area contributed by atoms with Crippen molar-refractivity contribution in [1.29, 1.82) is 0 Å². The number of oxazole rings is 1. The number of aromatic nitrogens is 1. The summed E-state index contributed by atoms with van der Waals surface area (Å²) in [6.45, 7) is 4.54. The van der Waals surface area contributed by atoms with Gasteiger partial charge >= 0.3 is 11.9 Å². The fourth-order valence-electron chi connectivity index (χ4n) is 1.87. The second kappa shape index (κ2) is 6.36. The van der Waals surface area contributed by atoms with Crippen LogP contribution < -0.4 is 0 Å². The van der Waals surface area contributed by atoms with E-state index in [0.717, 1.165) is 18.4 Å². The van der Waals surface area contributed by atoms with Crippen molar-refractivity contribution in [2.45, 2.75) is 39.5 Å². The van der Waals surface area contributed by atoms with E-state index < -0.39 is 5.97 Å². The Morgan fingerprint density at radius 1 is 1.32 bits per heavy atom. The summed E-state index contributed by atoms with van der Waals surface area (Å²) >= 11 is 0. The van der Waals surface area contributed by atoms with Gasteiger partial charge in [-0.15, -0.1) is 0 Å². The monoisotopic (exact) mass is 261 g/mol. The van der Waals surface area contributed by atoms with E-state index in [1.54, 1.807) is 0 Å². The van der Waals surface area contributed by atoms with Gasteiger partial charge in [0.1, 0.15) is 5.52 Å². The highest BCUT2D eigenvalue weighted by molar-refractivity contribution is 5.88. The van der Waals surface area contributed by atoms with E-state index in [9.17, 15) is 4.79 Å². The molecule has 1 heterocycles. The molecule has 0 saturated carbocycles. The first-order valence-corrected chi connectivity index (χ1v) is 6.75. The molecule has 0 spiro atoms. The highest BCUT2D eigenvalue weighted by atomic mass is 16.5. The maximum absolute atomic E-state index is 11.8. The Bertz CT molecular complexity index is 560. The van der Waals surface area contributed by atoms with Crippen molar-refractivity contribution in [2.75, 3.05) is 6.61 Å². The van der Waals surface area contributed by atoms with E-state index in [1.165, 1.54) is 12.8 Å². The van der Waals surface area contributed by atoms with E-state index >= 15 is 0 Å². The molecule has 2 rings (SSSR count). The molecule has 1 aromatic heterocycles. The molecule has 0 atom stereocenters. The van der Waals surface area contributed by atoms with Crippen molar-refractivity contribution in [3.8, 4) is 0 Å². The molecule has 4 nitrogen and oxygen atoms in total. The normalized spacial score (nSPS) is 10.8. The maximum atomic E-state index is 11.8. The SMILES string of the molecule is CCCCCCOC(=O)c1nc2ccc(C)cc2o1. The smallest absolute Gasteiger partial charge is 0.394 e. The minimum atomic E-state index is -0.481. The lowest BCUT2D eigenvalue weighted by atomic mass is 10.2. The summed E-state index contributed by atoms with van der Waals surface area (Å²) in [5.74, 6) is -0.443. The third kappa shape index (κ3) is 3.56. The van der Waals surface area contributed by atoms with Crippen molar-refractivity contribution < 1.29 is 13.9 Å². The van der Waals surface area contributed by atoms with Crippen LogP contribution in [0, 0.1) is 6.92 Å². The molecule has 0 fully saturated rings. The summed E-state index contributed by atoms with van der Waals surface area (Å²) in [6, 6.07) is 5.64. The molecule has 102 valence electrons. The van der Waals surface area contributed by atoms with Crippen LogP contribution in [0.1, 0.15) is 48.9 Å². The number of fused-ring (bicyclic) bond motifs is 1. The predicted octanol–water partition coefficient (Wildman–Crippen LogP) is 3.87. The van der Waals surface area contributed by atoms with E-state index in [4.69, 9.17) is 9.15 Å². The topological polar surface area (TPSA) is 52.3 Å². The van der Waals surface area contributed by atoms with Gasteiger partial charge in [0.05, 0.1) is 6.61 Å². The van der Waals surface area contributed by atoms with Crippen LogP contribution in [0.25, 0.3) is 11.1 Å². The van der Waals surface area contributed by atoms with Crippen molar-refractivity contribution in [2.24, 2.45) is 0 Å². The number of hydrogen-bond acceptors (Lipinski definition) is 4. The van der Waals surface area contributed by atoms with Crippen LogP contribution in [0.2, 0.25) is 0 Å². The summed E-state index contributed by atoms with van der Waals surface area (Å²) in [6.07, 6.45) is 4.30. The summed E-state index contributed by atoms with van der Waals surface area (Å²) < 4.78 is 10.5. The van der Waals surface area contributed by atoms with Gasteiger partial charge in [0.25, 0.3) is 0 Å². The van der Waals surface area contributed by atoms with E-state index in [1.807, 2.05) is 25.1 Å². The zero-order valence-electron chi connectivity index (χ0n) is 11.4. The van der Waals surface area contributed by atoms with E-state index in [2.05, 4.69) is 11.9 Å².